The zero-order valence-corrected chi connectivity index (χ0v) is 16.8. The number of benzene rings is 2. The molecule has 2 aromatic rings. The number of ether oxygens (including phenoxy) is 2. The van der Waals surface area contributed by atoms with E-state index in [1.54, 1.807) is 37.4 Å². The molecule has 0 atom stereocenters. The topological polar surface area (TPSA) is 67.9 Å². The molecule has 1 fully saturated rings. The van der Waals surface area contributed by atoms with Crippen molar-refractivity contribution in [3.63, 3.8) is 0 Å². The Labute approximate surface area is 171 Å². The third-order valence-corrected chi connectivity index (χ3v) is 4.71. The fraction of sp³-hybridized carbons (Fsp3) is 0.304. The van der Waals surface area contributed by atoms with E-state index in [9.17, 15) is 9.59 Å². The number of hydrogen-bond acceptors (Lipinski definition) is 4. The van der Waals surface area contributed by atoms with Gasteiger partial charge in [0.15, 0.2) is 18.1 Å². The van der Waals surface area contributed by atoms with Gasteiger partial charge in [0.05, 0.1) is 7.11 Å². The molecule has 1 saturated heterocycles. The van der Waals surface area contributed by atoms with Crippen LogP contribution in [-0.4, -0.2) is 43.5 Å². The van der Waals surface area contributed by atoms with Crippen LogP contribution in [0.1, 0.15) is 35.7 Å². The fourth-order valence-electron chi connectivity index (χ4n) is 3.24. The Morgan fingerprint density at radius 2 is 1.79 bits per heavy atom. The van der Waals surface area contributed by atoms with Crippen molar-refractivity contribution in [1.29, 1.82) is 0 Å². The second-order valence-corrected chi connectivity index (χ2v) is 6.82. The number of amides is 2. The van der Waals surface area contributed by atoms with Gasteiger partial charge in [0.1, 0.15) is 0 Å². The molecule has 29 heavy (non-hydrogen) atoms. The molecule has 0 aromatic heterocycles. The monoisotopic (exact) mass is 394 g/mol. The molecule has 1 N–H and O–H groups in total. The molecule has 6 heteroatoms. The van der Waals surface area contributed by atoms with E-state index in [2.05, 4.69) is 5.32 Å². The molecule has 1 aliphatic rings. The van der Waals surface area contributed by atoms with Crippen molar-refractivity contribution in [2.45, 2.75) is 19.8 Å². The maximum absolute atomic E-state index is 12.4. The minimum Gasteiger partial charge on any atom is -0.493 e. The second-order valence-electron chi connectivity index (χ2n) is 6.82. The lowest BCUT2D eigenvalue weighted by Crippen LogP contribution is -2.27. The van der Waals surface area contributed by atoms with E-state index in [1.165, 1.54) is 0 Å². The molecule has 0 radical (unpaired) electrons. The van der Waals surface area contributed by atoms with Gasteiger partial charge in [-0.05, 0) is 61.7 Å². The summed E-state index contributed by atoms with van der Waals surface area (Å²) in [6.07, 6.45) is 6.01. The van der Waals surface area contributed by atoms with Gasteiger partial charge in [-0.25, -0.2) is 0 Å². The molecule has 3 rings (SSSR count). The molecule has 1 aliphatic heterocycles. The van der Waals surface area contributed by atoms with Gasteiger partial charge in [-0.15, -0.1) is 0 Å². The molecule has 0 unspecified atom stereocenters. The quantitative estimate of drug-likeness (QED) is 0.771. The number of allylic oxidation sites excluding steroid dienone is 1. The maximum Gasteiger partial charge on any atom is 0.262 e. The molecule has 0 aliphatic carbocycles. The number of likely N-dealkylation sites (tertiary alicyclic amines) is 1. The summed E-state index contributed by atoms with van der Waals surface area (Å²) in [5.74, 6) is 0.820. The van der Waals surface area contributed by atoms with Gasteiger partial charge in [0.25, 0.3) is 11.8 Å². The lowest BCUT2D eigenvalue weighted by Gasteiger charge is -2.15. The zero-order chi connectivity index (χ0) is 20.6. The highest BCUT2D eigenvalue weighted by atomic mass is 16.5. The molecule has 1 heterocycles. The van der Waals surface area contributed by atoms with Crippen LogP contribution < -0.4 is 14.8 Å². The Kier molecular flexibility index (Phi) is 6.89. The van der Waals surface area contributed by atoms with Crippen molar-refractivity contribution in [3.05, 3.63) is 59.7 Å². The Bertz CT molecular complexity index is 884. The summed E-state index contributed by atoms with van der Waals surface area (Å²) in [5.41, 5.74) is 2.24. The van der Waals surface area contributed by atoms with E-state index in [1.807, 2.05) is 36.1 Å². The molecule has 152 valence electrons. The normalized spacial score (nSPS) is 13.5. The number of carbonyl (C=O) groups is 2. The average Bonchev–Trinajstić information content (AvgIpc) is 3.28. The molecule has 0 bridgehead atoms. The smallest absolute Gasteiger partial charge is 0.262 e. The highest BCUT2D eigenvalue weighted by molar-refractivity contribution is 5.96. The standard InChI is InChI=1S/C23H26N2O4/c1-3-6-17-7-12-20(21(15-17)28-2)29-16-22(26)24-19-10-8-18(9-11-19)23(27)25-13-4-5-14-25/h3,6-12,15H,4-5,13-14,16H2,1-2H3,(H,24,26)/b6-3+. The molecular formula is C23H26N2O4. The van der Waals surface area contributed by atoms with Crippen LogP contribution in [0.4, 0.5) is 5.69 Å². The number of methoxy groups -OCH3 is 1. The Morgan fingerprint density at radius 3 is 2.45 bits per heavy atom. The zero-order valence-electron chi connectivity index (χ0n) is 16.8. The van der Waals surface area contributed by atoms with E-state index in [0.717, 1.165) is 31.5 Å². The minimum absolute atomic E-state index is 0.0390. The first-order valence-electron chi connectivity index (χ1n) is 9.73. The average molecular weight is 394 g/mol. The van der Waals surface area contributed by atoms with Crippen molar-refractivity contribution in [1.82, 2.24) is 4.90 Å². The molecule has 2 amide bonds. The Morgan fingerprint density at radius 1 is 1.07 bits per heavy atom. The molecular weight excluding hydrogens is 368 g/mol. The third-order valence-electron chi connectivity index (χ3n) is 4.71. The summed E-state index contributed by atoms with van der Waals surface area (Å²) in [7, 11) is 1.56. The van der Waals surface area contributed by atoms with Crippen LogP contribution in [-0.2, 0) is 4.79 Å². The van der Waals surface area contributed by atoms with Gasteiger partial charge < -0.3 is 19.7 Å². The Hall–Kier alpha value is -3.28. The minimum atomic E-state index is -0.289. The van der Waals surface area contributed by atoms with Gasteiger partial charge in [-0.1, -0.05) is 18.2 Å². The molecule has 2 aromatic carbocycles. The predicted octanol–water partition coefficient (Wildman–Crippen LogP) is 3.98. The first-order chi connectivity index (χ1) is 14.1. The van der Waals surface area contributed by atoms with E-state index in [0.29, 0.717) is 22.7 Å². The first kappa shape index (κ1) is 20.5. The number of carbonyl (C=O) groups excluding carboxylic acids is 2. The van der Waals surface area contributed by atoms with Crippen molar-refractivity contribution in [2.24, 2.45) is 0 Å². The van der Waals surface area contributed by atoms with Crippen molar-refractivity contribution in [2.75, 3.05) is 32.1 Å². The summed E-state index contributed by atoms with van der Waals surface area (Å²) >= 11 is 0. The van der Waals surface area contributed by atoms with E-state index >= 15 is 0 Å². The Balaban J connectivity index is 1.55. The van der Waals surface area contributed by atoms with Gasteiger partial charge >= 0.3 is 0 Å². The first-order valence-corrected chi connectivity index (χ1v) is 9.73. The van der Waals surface area contributed by atoms with Crippen LogP contribution >= 0.6 is 0 Å². The number of hydrogen-bond donors (Lipinski definition) is 1. The summed E-state index contributed by atoms with van der Waals surface area (Å²) in [5, 5.41) is 2.78. The maximum atomic E-state index is 12.4. The highest BCUT2D eigenvalue weighted by Gasteiger charge is 2.19. The summed E-state index contributed by atoms with van der Waals surface area (Å²) in [6.45, 7) is 3.42. The van der Waals surface area contributed by atoms with Crippen LogP contribution in [0.2, 0.25) is 0 Å². The summed E-state index contributed by atoms with van der Waals surface area (Å²) < 4.78 is 10.9. The number of nitrogens with zero attached hydrogens (tertiary/aromatic N) is 1. The van der Waals surface area contributed by atoms with Gasteiger partial charge in [-0.3, -0.25) is 9.59 Å². The summed E-state index contributed by atoms with van der Waals surface area (Å²) in [6, 6.07) is 12.5. The van der Waals surface area contributed by atoms with Crippen LogP contribution in [0.25, 0.3) is 6.08 Å². The van der Waals surface area contributed by atoms with Crippen LogP contribution in [0.3, 0.4) is 0 Å². The molecule has 6 nitrogen and oxygen atoms in total. The second kappa shape index (κ2) is 9.78. The summed E-state index contributed by atoms with van der Waals surface area (Å²) in [4.78, 5) is 26.4. The third kappa shape index (κ3) is 5.38. The van der Waals surface area contributed by atoms with E-state index < -0.39 is 0 Å². The van der Waals surface area contributed by atoms with E-state index in [4.69, 9.17) is 9.47 Å². The largest absolute Gasteiger partial charge is 0.493 e. The SMILES string of the molecule is C/C=C/c1ccc(OCC(=O)Nc2ccc(C(=O)N3CCCC3)cc2)c(OC)c1. The van der Waals surface area contributed by atoms with E-state index in [-0.39, 0.29) is 18.4 Å². The molecule has 0 saturated carbocycles. The number of anilines is 1. The van der Waals surface area contributed by atoms with Crippen molar-refractivity contribution < 1.29 is 19.1 Å². The highest BCUT2D eigenvalue weighted by Crippen LogP contribution is 2.28. The lowest BCUT2D eigenvalue weighted by atomic mass is 10.2. The molecule has 0 spiro atoms. The van der Waals surface area contributed by atoms with Gasteiger partial charge in [0, 0.05) is 24.3 Å². The predicted molar refractivity (Wildman–Crippen MR) is 113 cm³/mol. The van der Waals surface area contributed by atoms with Crippen LogP contribution in [0.5, 0.6) is 11.5 Å². The van der Waals surface area contributed by atoms with Crippen molar-refractivity contribution >= 4 is 23.6 Å². The number of nitrogens with one attached hydrogen (secondary N) is 1. The number of rotatable bonds is 7. The van der Waals surface area contributed by atoms with Crippen molar-refractivity contribution in [3.8, 4) is 11.5 Å². The van der Waals surface area contributed by atoms with Gasteiger partial charge in [0.2, 0.25) is 0 Å². The van der Waals surface area contributed by atoms with Gasteiger partial charge in [-0.2, -0.15) is 0 Å². The van der Waals surface area contributed by atoms with Crippen LogP contribution in [0, 0.1) is 0 Å². The fourth-order valence-corrected chi connectivity index (χ4v) is 3.24. The van der Waals surface area contributed by atoms with Crippen LogP contribution in [0.15, 0.2) is 48.5 Å². The lowest BCUT2D eigenvalue weighted by molar-refractivity contribution is -0.118.